The highest BCUT2D eigenvalue weighted by Crippen LogP contribution is 2.28. The highest BCUT2D eigenvalue weighted by molar-refractivity contribution is 6.30. The molecule has 1 aromatic carbocycles. The molecule has 0 amide bonds. The largest absolute Gasteiger partial charge is 0.381 e. The van der Waals surface area contributed by atoms with Gasteiger partial charge in [-0.15, -0.1) is 0 Å². The summed E-state index contributed by atoms with van der Waals surface area (Å²) >= 11 is 6.09. The summed E-state index contributed by atoms with van der Waals surface area (Å²) in [6, 6.07) is 8.72. The molecular formula is C16H25ClN2O. The van der Waals surface area contributed by atoms with Crippen molar-refractivity contribution in [1.29, 1.82) is 0 Å². The van der Waals surface area contributed by atoms with E-state index in [4.69, 9.17) is 22.1 Å². The molecule has 1 aromatic rings. The summed E-state index contributed by atoms with van der Waals surface area (Å²) in [7, 11) is 2.15. The summed E-state index contributed by atoms with van der Waals surface area (Å²) in [6.45, 7) is 4.59. The summed E-state index contributed by atoms with van der Waals surface area (Å²) in [6.07, 6.45) is 2.34. The number of ether oxygens (including phenoxy) is 1. The van der Waals surface area contributed by atoms with Gasteiger partial charge in [0.25, 0.3) is 0 Å². The molecule has 4 heteroatoms. The zero-order valence-electron chi connectivity index (χ0n) is 12.4. The molecule has 3 unspecified atom stereocenters. The quantitative estimate of drug-likeness (QED) is 0.907. The van der Waals surface area contributed by atoms with Crippen molar-refractivity contribution < 1.29 is 4.74 Å². The minimum atomic E-state index is 0.296. The normalized spacial score (nSPS) is 22.8. The second kappa shape index (κ2) is 7.41. The fourth-order valence-corrected chi connectivity index (χ4v) is 3.25. The van der Waals surface area contributed by atoms with Crippen molar-refractivity contribution in [1.82, 2.24) is 4.90 Å². The first-order chi connectivity index (χ1) is 9.63. The molecule has 1 aliphatic heterocycles. The van der Waals surface area contributed by atoms with Crippen LogP contribution in [0.3, 0.4) is 0 Å². The van der Waals surface area contributed by atoms with Gasteiger partial charge in [0.1, 0.15) is 0 Å². The molecule has 0 saturated carbocycles. The van der Waals surface area contributed by atoms with E-state index in [0.717, 1.165) is 24.7 Å². The van der Waals surface area contributed by atoms with Crippen LogP contribution in [0.15, 0.2) is 24.3 Å². The summed E-state index contributed by atoms with van der Waals surface area (Å²) in [4.78, 5) is 2.37. The maximum atomic E-state index is 6.09. The molecule has 1 fully saturated rings. The van der Waals surface area contributed by atoms with Crippen molar-refractivity contribution in [2.24, 2.45) is 11.7 Å². The smallest absolute Gasteiger partial charge is 0.0509 e. The van der Waals surface area contributed by atoms with Crippen molar-refractivity contribution in [2.45, 2.75) is 31.8 Å². The van der Waals surface area contributed by atoms with Gasteiger partial charge in [-0.3, -0.25) is 4.90 Å². The van der Waals surface area contributed by atoms with Gasteiger partial charge in [-0.25, -0.2) is 0 Å². The van der Waals surface area contributed by atoms with Crippen LogP contribution >= 0.6 is 11.6 Å². The Morgan fingerprint density at radius 1 is 1.50 bits per heavy atom. The number of hydrogen-bond acceptors (Lipinski definition) is 3. The molecule has 3 atom stereocenters. The third-order valence-electron chi connectivity index (χ3n) is 4.45. The van der Waals surface area contributed by atoms with E-state index < -0.39 is 0 Å². The van der Waals surface area contributed by atoms with E-state index in [-0.39, 0.29) is 0 Å². The van der Waals surface area contributed by atoms with Gasteiger partial charge >= 0.3 is 0 Å². The van der Waals surface area contributed by atoms with Gasteiger partial charge < -0.3 is 10.5 Å². The van der Waals surface area contributed by atoms with E-state index in [2.05, 4.69) is 24.9 Å². The zero-order chi connectivity index (χ0) is 14.5. The van der Waals surface area contributed by atoms with E-state index in [1.165, 1.54) is 12.0 Å². The number of likely N-dealkylation sites (N-methyl/N-ethyl adjacent to an activating group) is 1. The monoisotopic (exact) mass is 296 g/mol. The van der Waals surface area contributed by atoms with Crippen LogP contribution in [-0.2, 0) is 4.74 Å². The Morgan fingerprint density at radius 2 is 2.30 bits per heavy atom. The van der Waals surface area contributed by atoms with Crippen LogP contribution in [0.5, 0.6) is 0 Å². The van der Waals surface area contributed by atoms with Gasteiger partial charge in [0.15, 0.2) is 0 Å². The molecule has 0 aromatic heterocycles. The lowest BCUT2D eigenvalue weighted by Crippen LogP contribution is -2.47. The van der Waals surface area contributed by atoms with Gasteiger partial charge in [0, 0.05) is 30.3 Å². The lowest BCUT2D eigenvalue weighted by atomic mass is 9.91. The Bertz CT molecular complexity index is 421. The second-order valence-corrected chi connectivity index (χ2v) is 6.11. The van der Waals surface area contributed by atoms with Crippen molar-refractivity contribution >= 4 is 11.6 Å². The molecule has 0 aliphatic carbocycles. The first-order valence-corrected chi connectivity index (χ1v) is 7.76. The molecule has 1 aliphatic rings. The minimum absolute atomic E-state index is 0.296. The highest BCUT2D eigenvalue weighted by Gasteiger charge is 2.29. The third-order valence-corrected chi connectivity index (χ3v) is 4.68. The summed E-state index contributed by atoms with van der Waals surface area (Å²) < 4.78 is 5.62. The van der Waals surface area contributed by atoms with Gasteiger partial charge in [-0.2, -0.15) is 0 Å². The minimum Gasteiger partial charge on any atom is -0.381 e. The molecular weight excluding hydrogens is 272 g/mol. The van der Waals surface area contributed by atoms with Crippen molar-refractivity contribution in [2.75, 3.05) is 26.8 Å². The van der Waals surface area contributed by atoms with Crippen LogP contribution in [0.1, 0.15) is 31.4 Å². The van der Waals surface area contributed by atoms with Gasteiger partial charge in [0.2, 0.25) is 0 Å². The Balaban J connectivity index is 2.08. The van der Waals surface area contributed by atoms with Crippen LogP contribution in [0.25, 0.3) is 0 Å². The molecule has 20 heavy (non-hydrogen) atoms. The van der Waals surface area contributed by atoms with Crippen molar-refractivity contribution in [3.63, 3.8) is 0 Å². The van der Waals surface area contributed by atoms with E-state index in [0.29, 0.717) is 24.5 Å². The van der Waals surface area contributed by atoms with E-state index in [1.807, 2.05) is 18.2 Å². The second-order valence-electron chi connectivity index (χ2n) is 5.68. The molecule has 1 saturated heterocycles. The summed E-state index contributed by atoms with van der Waals surface area (Å²) in [5.41, 5.74) is 7.26. The van der Waals surface area contributed by atoms with Crippen molar-refractivity contribution in [3.05, 3.63) is 34.9 Å². The zero-order valence-corrected chi connectivity index (χ0v) is 13.1. The molecule has 0 spiro atoms. The molecule has 2 rings (SSSR count). The van der Waals surface area contributed by atoms with Gasteiger partial charge in [-0.05, 0) is 50.4 Å². The Labute approximate surface area is 127 Å². The van der Waals surface area contributed by atoms with Crippen LogP contribution in [0.4, 0.5) is 0 Å². The fraction of sp³-hybridized carbons (Fsp3) is 0.625. The highest BCUT2D eigenvalue weighted by atomic mass is 35.5. The average molecular weight is 297 g/mol. The number of benzene rings is 1. The average Bonchev–Trinajstić information content (AvgIpc) is 2.48. The predicted octanol–water partition coefficient (Wildman–Crippen LogP) is 3.09. The summed E-state index contributed by atoms with van der Waals surface area (Å²) in [5.74, 6) is 0.528. The molecule has 112 valence electrons. The SMILES string of the molecule is CC(c1cccc(Cl)c1)N(C)C(CN)C1CCCOC1. The first kappa shape index (κ1) is 15.8. The lowest BCUT2D eigenvalue weighted by molar-refractivity contribution is 0.00884. The summed E-state index contributed by atoms with van der Waals surface area (Å²) in [5, 5.41) is 0.785. The lowest BCUT2D eigenvalue weighted by Gasteiger charge is -2.39. The molecule has 0 radical (unpaired) electrons. The maximum Gasteiger partial charge on any atom is 0.0509 e. The van der Waals surface area contributed by atoms with Crippen molar-refractivity contribution in [3.8, 4) is 0 Å². The first-order valence-electron chi connectivity index (χ1n) is 7.38. The molecule has 2 N–H and O–H groups in total. The number of rotatable bonds is 5. The molecule has 0 bridgehead atoms. The van der Waals surface area contributed by atoms with Crippen LogP contribution in [0.2, 0.25) is 5.02 Å². The molecule has 1 heterocycles. The topological polar surface area (TPSA) is 38.5 Å². The van der Waals surface area contributed by atoms with Crippen LogP contribution in [0, 0.1) is 5.92 Å². The van der Waals surface area contributed by atoms with E-state index in [1.54, 1.807) is 0 Å². The van der Waals surface area contributed by atoms with E-state index >= 15 is 0 Å². The number of nitrogens with two attached hydrogens (primary N) is 1. The third kappa shape index (κ3) is 3.73. The van der Waals surface area contributed by atoms with Crippen LogP contribution < -0.4 is 5.73 Å². The number of hydrogen-bond donors (Lipinski definition) is 1. The van der Waals surface area contributed by atoms with Gasteiger partial charge in [0.05, 0.1) is 6.61 Å². The maximum absolute atomic E-state index is 6.09. The van der Waals surface area contributed by atoms with Crippen LogP contribution in [-0.4, -0.2) is 37.7 Å². The fourth-order valence-electron chi connectivity index (χ4n) is 3.05. The number of nitrogens with zero attached hydrogens (tertiary/aromatic N) is 1. The Morgan fingerprint density at radius 3 is 2.90 bits per heavy atom. The van der Waals surface area contributed by atoms with E-state index in [9.17, 15) is 0 Å². The number of halogens is 1. The Hall–Kier alpha value is -0.610. The predicted molar refractivity (Wildman–Crippen MR) is 84.0 cm³/mol. The molecule has 3 nitrogen and oxygen atoms in total. The van der Waals surface area contributed by atoms with Gasteiger partial charge in [-0.1, -0.05) is 23.7 Å². The standard InChI is InChI=1S/C16H25ClN2O/c1-12(13-5-3-7-15(17)9-13)19(2)16(10-18)14-6-4-8-20-11-14/h3,5,7,9,12,14,16H,4,6,8,10-11,18H2,1-2H3. The Kier molecular flexibility index (Phi) is 5.85.